The third-order valence-electron chi connectivity index (χ3n) is 2.28. The molecule has 2 heteroatoms. The Morgan fingerprint density at radius 1 is 1.40 bits per heavy atom. The first-order chi connectivity index (χ1) is 7.15. The first-order valence-electron chi connectivity index (χ1n) is 5.29. The monoisotopic (exact) mass is 223 g/mol. The maximum absolute atomic E-state index is 6.11. The lowest BCUT2D eigenvalue weighted by Gasteiger charge is -2.11. The highest BCUT2D eigenvalue weighted by Crippen LogP contribution is 2.26. The zero-order valence-electron chi connectivity index (χ0n) is 9.55. The molecule has 0 aliphatic carbocycles. The van der Waals surface area contributed by atoms with Gasteiger partial charge in [0.1, 0.15) is 0 Å². The van der Waals surface area contributed by atoms with E-state index in [9.17, 15) is 0 Å². The predicted octanol–water partition coefficient (Wildman–Crippen LogP) is 4.45. The third kappa shape index (κ3) is 3.60. The van der Waals surface area contributed by atoms with Gasteiger partial charge in [0.25, 0.3) is 0 Å². The minimum atomic E-state index is 0.459. The Kier molecular flexibility index (Phi) is 4.70. The van der Waals surface area contributed by atoms with Crippen molar-refractivity contribution < 1.29 is 0 Å². The molecule has 0 spiro atoms. The molecule has 0 aromatic heterocycles. The van der Waals surface area contributed by atoms with E-state index in [1.54, 1.807) is 0 Å². The van der Waals surface area contributed by atoms with Gasteiger partial charge in [0, 0.05) is 17.3 Å². The largest absolute Gasteiger partial charge is 0.382 e. The second-order valence-corrected chi connectivity index (χ2v) is 4.25. The van der Waals surface area contributed by atoms with Crippen LogP contribution in [0.25, 0.3) is 0 Å². The second kappa shape index (κ2) is 5.82. The van der Waals surface area contributed by atoms with Gasteiger partial charge < -0.3 is 5.32 Å². The highest BCUT2D eigenvalue weighted by Gasteiger charge is 2.05. The van der Waals surface area contributed by atoms with Crippen molar-refractivity contribution in [1.82, 2.24) is 0 Å². The number of hydrogen-bond donors (Lipinski definition) is 1. The maximum atomic E-state index is 6.11. The molecule has 0 fully saturated rings. The van der Waals surface area contributed by atoms with Crippen molar-refractivity contribution in [2.75, 3.05) is 11.9 Å². The molecule has 0 saturated carbocycles. The highest BCUT2D eigenvalue weighted by molar-refractivity contribution is 6.31. The van der Waals surface area contributed by atoms with Gasteiger partial charge in [-0.25, -0.2) is 0 Å². The summed E-state index contributed by atoms with van der Waals surface area (Å²) in [4.78, 5) is 0. The zero-order chi connectivity index (χ0) is 11.3. The maximum Gasteiger partial charge on any atom is 0.0442 e. The third-order valence-corrected chi connectivity index (χ3v) is 2.62. The van der Waals surface area contributed by atoms with Gasteiger partial charge in [0.05, 0.1) is 0 Å². The van der Waals surface area contributed by atoms with Crippen LogP contribution in [0.5, 0.6) is 0 Å². The van der Waals surface area contributed by atoms with Crippen LogP contribution in [0, 0.1) is 0 Å². The van der Waals surface area contributed by atoms with Crippen LogP contribution in [-0.2, 0) is 0 Å². The van der Waals surface area contributed by atoms with Crippen LogP contribution in [0.3, 0.4) is 0 Å². The van der Waals surface area contributed by atoms with Crippen molar-refractivity contribution in [3.05, 3.63) is 40.9 Å². The molecule has 0 radical (unpaired) electrons. The summed E-state index contributed by atoms with van der Waals surface area (Å²) in [7, 11) is 0. The topological polar surface area (TPSA) is 12.0 Å². The van der Waals surface area contributed by atoms with E-state index in [0.29, 0.717) is 5.92 Å². The molecule has 0 saturated heterocycles. The Hall–Kier alpha value is -0.950. The quantitative estimate of drug-likeness (QED) is 0.744. The van der Waals surface area contributed by atoms with Crippen molar-refractivity contribution in [2.45, 2.75) is 26.7 Å². The number of rotatable bonds is 4. The Bertz CT molecular complexity index is 342. The minimum Gasteiger partial charge on any atom is -0.382 e. The number of allylic oxidation sites excluding steroid dienone is 1. The Morgan fingerprint density at radius 2 is 2.13 bits per heavy atom. The summed E-state index contributed by atoms with van der Waals surface area (Å²) in [6.07, 6.45) is 4.12. The van der Waals surface area contributed by atoms with E-state index < -0.39 is 0 Å². The summed E-state index contributed by atoms with van der Waals surface area (Å²) in [6, 6.07) is 6.09. The molecule has 0 aliphatic rings. The standard InChI is InChI=1S/C13H18ClN/c1-4-5-8-15-11-6-7-13(14)12(9-11)10(2)3/h4-7,9-10,15H,8H2,1-3H3. The van der Waals surface area contributed by atoms with E-state index in [1.165, 1.54) is 5.56 Å². The number of nitrogens with one attached hydrogen (secondary N) is 1. The molecule has 0 heterocycles. The molecule has 1 rings (SSSR count). The fourth-order valence-electron chi connectivity index (χ4n) is 1.39. The van der Waals surface area contributed by atoms with Crippen LogP contribution in [0.1, 0.15) is 32.3 Å². The van der Waals surface area contributed by atoms with Crippen LogP contribution in [0.15, 0.2) is 30.4 Å². The highest BCUT2D eigenvalue weighted by atomic mass is 35.5. The Balaban J connectivity index is 2.78. The fourth-order valence-corrected chi connectivity index (χ4v) is 1.73. The van der Waals surface area contributed by atoms with Gasteiger partial charge in [0.15, 0.2) is 0 Å². The number of hydrogen-bond acceptors (Lipinski definition) is 1. The van der Waals surface area contributed by atoms with E-state index >= 15 is 0 Å². The van der Waals surface area contributed by atoms with E-state index in [0.717, 1.165) is 17.3 Å². The van der Waals surface area contributed by atoms with Gasteiger partial charge in [-0.15, -0.1) is 0 Å². The molecular weight excluding hydrogens is 206 g/mol. The fraction of sp³-hybridized carbons (Fsp3) is 0.385. The molecule has 1 N–H and O–H groups in total. The zero-order valence-corrected chi connectivity index (χ0v) is 10.3. The van der Waals surface area contributed by atoms with Crippen molar-refractivity contribution >= 4 is 17.3 Å². The molecule has 0 atom stereocenters. The minimum absolute atomic E-state index is 0.459. The van der Waals surface area contributed by atoms with Gasteiger partial charge in [-0.1, -0.05) is 37.6 Å². The van der Waals surface area contributed by atoms with Crippen molar-refractivity contribution in [1.29, 1.82) is 0 Å². The van der Waals surface area contributed by atoms with E-state index in [4.69, 9.17) is 11.6 Å². The van der Waals surface area contributed by atoms with E-state index in [2.05, 4.69) is 31.3 Å². The average Bonchev–Trinajstić information content (AvgIpc) is 2.20. The van der Waals surface area contributed by atoms with Gasteiger partial charge in [0.2, 0.25) is 0 Å². The number of halogens is 1. The summed E-state index contributed by atoms with van der Waals surface area (Å²) in [5.41, 5.74) is 2.32. The summed E-state index contributed by atoms with van der Waals surface area (Å²) < 4.78 is 0. The first kappa shape index (κ1) is 12.1. The van der Waals surface area contributed by atoms with Gasteiger partial charge in [-0.3, -0.25) is 0 Å². The Morgan fingerprint density at radius 3 is 2.73 bits per heavy atom. The molecule has 1 aromatic carbocycles. The lowest BCUT2D eigenvalue weighted by atomic mass is 10.0. The second-order valence-electron chi connectivity index (χ2n) is 3.84. The smallest absolute Gasteiger partial charge is 0.0442 e. The van der Waals surface area contributed by atoms with Crippen LogP contribution in [0.2, 0.25) is 5.02 Å². The predicted molar refractivity (Wildman–Crippen MR) is 68.8 cm³/mol. The molecule has 0 aliphatic heterocycles. The molecule has 82 valence electrons. The first-order valence-corrected chi connectivity index (χ1v) is 5.67. The van der Waals surface area contributed by atoms with E-state index in [-0.39, 0.29) is 0 Å². The molecule has 1 nitrogen and oxygen atoms in total. The normalized spacial score (nSPS) is 11.3. The lowest BCUT2D eigenvalue weighted by molar-refractivity contribution is 0.867. The van der Waals surface area contributed by atoms with Crippen LogP contribution in [-0.4, -0.2) is 6.54 Å². The summed E-state index contributed by atoms with van der Waals surface area (Å²) in [6.45, 7) is 7.17. The Labute approximate surface area is 97.1 Å². The van der Waals surface area contributed by atoms with Crippen molar-refractivity contribution in [3.8, 4) is 0 Å². The number of anilines is 1. The SMILES string of the molecule is CC=CCNc1ccc(Cl)c(C(C)C)c1. The number of benzene rings is 1. The van der Waals surface area contributed by atoms with Crippen LogP contribution >= 0.6 is 11.6 Å². The molecular formula is C13H18ClN. The van der Waals surface area contributed by atoms with Gasteiger partial charge in [-0.05, 0) is 36.6 Å². The lowest BCUT2D eigenvalue weighted by Crippen LogP contribution is -1.99. The van der Waals surface area contributed by atoms with Gasteiger partial charge in [-0.2, -0.15) is 0 Å². The van der Waals surface area contributed by atoms with Crippen molar-refractivity contribution in [2.24, 2.45) is 0 Å². The molecule has 0 bridgehead atoms. The van der Waals surface area contributed by atoms with Crippen LogP contribution in [0.4, 0.5) is 5.69 Å². The average molecular weight is 224 g/mol. The summed E-state index contributed by atoms with van der Waals surface area (Å²) in [5, 5.41) is 4.17. The van der Waals surface area contributed by atoms with Crippen LogP contribution < -0.4 is 5.32 Å². The van der Waals surface area contributed by atoms with Crippen molar-refractivity contribution in [3.63, 3.8) is 0 Å². The van der Waals surface area contributed by atoms with Gasteiger partial charge >= 0.3 is 0 Å². The molecule has 0 unspecified atom stereocenters. The summed E-state index contributed by atoms with van der Waals surface area (Å²) >= 11 is 6.11. The van der Waals surface area contributed by atoms with E-state index in [1.807, 2.05) is 25.1 Å². The summed E-state index contributed by atoms with van der Waals surface area (Å²) in [5.74, 6) is 0.459. The molecule has 15 heavy (non-hydrogen) atoms. The molecule has 0 amide bonds. The molecule has 1 aromatic rings.